The number of aryl methyl sites for hydroxylation is 1. The Morgan fingerprint density at radius 1 is 1.28 bits per heavy atom. The van der Waals surface area contributed by atoms with E-state index in [4.69, 9.17) is 9.84 Å². The molecule has 0 spiro atoms. The van der Waals surface area contributed by atoms with Crippen LogP contribution in [0.5, 0.6) is 5.88 Å². The zero-order valence-electron chi connectivity index (χ0n) is 15.5. The average molecular weight is 391 g/mol. The Labute approximate surface area is 164 Å². The number of ether oxygens (including phenoxy) is 1. The van der Waals surface area contributed by atoms with E-state index < -0.39 is 11.4 Å². The van der Waals surface area contributed by atoms with E-state index in [1.165, 1.54) is 5.56 Å². The first-order chi connectivity index (χ1) is 14.0. The standard InChI is InChI=1S/C20H17N5O4/c1-12-3-2-4-13(7-12)9-25-10-14(23-24-25)11-29-17-6-5-16-18(22-17)19(26)15(8-21-16)20(27)28/h2-8,10H,9,11H2,1H3,(H,21,26)(H,27,28). The van der Waals surface area contributed by atoms with Crippen molar-refractivity contribution in [3.8, 4) is 5.88 Å². The summed E-state index contributed by atoms with van der Waals surface area (Å²) < 4.78 is 7.32. The van der Waals surface area contributed by atoms with Crippen molar-refractivity contribution in [3.05, 3.63) is 81.4 Å². The minimum atomic E-state index is -1.31. The van der Waals surface area contributed by atoms with Gasteiger partial charge in [0.2, 0.25) is 11.3 Å². The Morgan fingerprint density at radius 2 is 2.14 bits per heavy atom. The maximum Gasteiger partial charge on any atom is 0.341 e. The van der Waals surface area contributed by atoms with Crippen LogP contribution < -0.4 is 10.2 Å². The van der Waals surface area contributed by atoms with Gasteiger partial charge in [0, 0.05) is 12.3 Å². The number of nitrogens with one attached hydrogen (secondary N) is 1. The fraction of sp³-hybridized carbons (Fsp3) is 0.150. The Morgan fingerprint density at radius 3 is 2.93 bits per heavy atom. The number of hydrogen-bond donors (Lipinski definition) is 2. The molecule has 0 saturated carbocycles. The number of aromatic carboxylic acids is 1. The largest absolute Gasteiger partial charge is 0.477 e. The quantitative estimate of drug-likeness (QED) is 0.516. The Bertz CT molecular complexity index is 1260. The topological polar surface area (TPSA) is 123 Å². The number of rotatable bonds is 6. The number of H-pyrrole nitrogens is 1. The fourth-order valence-electron chi connectivity index (χ4n) is 2.94. The van der Waals surface area contributed by atoms with Crippen molar-refractivity contribution in [2.24, 2.45) is 0 Å². The minimum Gasteiger partial charge on any atom is -0.477 e. The van der Waals surface area contributed by atoms with Gasteiger partial charge in [-0.2, -0.15) is 0 Å². The highest BCUT2D eigenvalue weighted by Gasteiger charge is 2.13. The molecule has 3 aromatic heterocycles. The summed E-state index contributed by atoms with van der Waals surface area (Å²) >= 11 is 0. The predicted octanol–water partition coefficient (Wildman–Crippen LogP) is 2.15. The molecule has 9 nitrogen and oxygen atoms in total. The fourth-order valence-corrected chi connectivity index (χ4v) is 2.94. The van der Waals surface area contributed by atoms with Gasteiger partial charge >= 0.3 is 5.97 Å². The lowest BCUT2D eigenvalue weighted by atomic mass is 10.1. The van der Waals surface area contributed by atoms with Crippen molar-refractivity contribution < 1.29 is 14.6 Å². The maximum absolute atomic E-state index is 12.3. The van der Waals surface area contributed by atoms with Gasteiger partial charge in [-0.15, -0.1) is 5.10 Å². The second-order valence-corrected chi connectivity index (χ2v) is 6.57. The summed E-state index contributed by atoms with van der Waals surface area (Å²) in [7, 11) is 0. The summed E-state index contributed by atoms with van der Waals surface area (Å²) in [5.41, 5.74) is 2.29. The van der Waals surface area contributed by atoms with Crippen molar-refractivity contribution >= 4 is 17.0 Å². The van der Waals surface area contributed by atoms with E-state index in [9.17, 15) is 9.59 Å². The number of nitrogens with zero attached hydrogens (tertiary/aromatic N) is 4. The molecule has 3 heterocycles. The zero-order valence-corrected chi connectivity index (χ0v) is 15.5. The van der Waals surface area contributed by atoms with Gasteiger partial charge in [-0.3, -0.25) is 4.79 Å². The van der Waals surface area contributed by atoms with Crippen LogP contribution in [-0.4, -0.2) is 36.0 Å². The second kappa shape index (κ2) is 7.55. The monoisotopic (exact) mass is 391 g/mol. The Hall–Kier alpha value is -4.01. The van der Waals surface area contributed by atoms with Gasteiger partial charge in [0.1, 0.15) is 23.4 Å². The summed E-state index contributed by atoms with van der Waals surface area (Å²) in [6, 6.07) is 11.3. The van der Waals surface area contributed by atoms with E-state index in [2.05, 4.69) is 26.3 Å². The number of aromatic amines is 1. The van der Waals surface area contributed by atoms with Crippen LogP contribution in [-0.2, 0) is 13.2 Å². The molecule has 1 aromatic carbocycles. The van der Waals surface area contributed by atoms with Crippen LogP contribution in [0.2, 0.25) is 0 Å². The first-order valence-corrected chi connectivity index (χ1v) is 8.83. The van der Waals surface area contributed by atoms with E-state index in [-0.39, 0.29) is 23.6 Å². The van der Waals surface area contributed by atoms with Crippen LogP contribution in [0.15, 0.2) is 53.6 Å². The van der Waals surface area contributed by atoms with Crippen molar-refractivity contribution in [1.29, 1.82) is 0 Å². The van der Waals surface area contributed by atoms with Crippen LogP contribution >= 0.6 is 0 Å². The SMILES string of the molecule is Cc1cccc(Cn2cc(COc3ccc4[nH]cc(C(=O)O)c(=O)c4n3)nn2)c1. The van der Waals surface area contributed by atoms with E-state index in [1.807, 2.05) is 25.1 Å². The van der Waals surface area contributed by atoms with Gasteiger partial charge in [-0.1, -0.05) is 35.0 Å². The molecule has 0 saturated heterocycles. The van der Waals surface area contributed by atoms with Gasteiger partial charge in [0.15, 0.2) is 0 Å². The summed E-state index contributed by atoms with van der Waals surface area (Å²) in [5.74, 6) is -1.12. The van der Waals surface area contributed by atoms with Crippen LogP contribution in [0, 0.1) is 6.92 Å². The smallest absolute Gasteiger partial charge is 0.341 e. The molecule has 0 unspecified atom stereocenters. The second-order valence-electron chi connectivity index (χ2n) is 6.57. The average Bonchev–Trinajstić information content (AvgIpc) is 3.14. The van der Waals surface area contributed by atoms with Gasteiger partial charge in [0.05, 0.1) is 18.3 Å². The first-order valence-electron chi connectivity index (χ1n) is 8.83. The van der Waals surface area contributed by atoms with Crippen LogP contribution in [0.3, 0.4) is 0 Å². The summed E-state index contributed by atoms with van der Waals surface area (Å²) in [6.45, 7) is 2.74. The first kappa shape index (κ1) is 18.4. The molecule has 4 aromatic rings. The predicted molar refractivity (Wildman–Crippen MR) is 104 cm³/mol. The Balaban J connectivity index is 1.48. The van der Waals surface area contributed by atoms with Crippen LogP contribution in [0.25, 0.3) is 11.0 Å². The highest BCUT2D eigenvalue weighted by atomic mass is 16.5. The number of carboxylic acid groups (broad SMARTS) is 1. The molecule has 0 fully saturated rings. The molecule has 0 amide bonds. The summed E-state index contributed by atoms with van der Waals surface area (Å²) in [4.78, 5) is 30.3. The van der Waals surface area contributed by atoms with Crippen molar-refractivity contribution in [3.63, 3.8) is 0 Å². The number of fused-ring (bicyclic) bond motifs is 1. The zero-order chi connectivity index (χ0) is 20.4. The van der Waals surface area contributed by atoms with Crippen molar-refractivity contribution in [2.75, 3.05) is 0 Å². The molecular formula is C20H17N5O4. The number of hydrogen-bond acceptors (Lipinski definition) is 6. The normalized spacial score (nSPS) is 10.9. The molecule has 0 aliphatic rings. The Kier molecular flexibility index (Phi) is 4.78. The lowest BCUT2D eigenvalue weighted by molar-refractivity contribution is 0.0695. The van der Waals surface area contributed by atoms with E-state index >= 15 is 0 Å². The molecule has 4 rings (SSSR count). The molecule has 2 N–H and O–H groups in total. The van der Waals surface area contributed by atoms with Crippen LogP contribution in [0.1, 0.15) is 27.2 Å². The molecule has 0 aliphatic heterocycles. The highest BCUT2D eigenvalue weighted by Crippen LogP contribution is 2.14. The van der Waals surface area contributed by atoms with E-state index in [0.29, 0.717) is 17.8 Å². The third-order valence-electron chi connectivity index (χ3n) is 4.31. The van der Waals surface area contributed by atoms with Crippen LogP contribution in [0.4, 0.5) is 0 Å². The van der Waals surface area contributed by atoms with E-state index in [0.717, 1.165) is 11.8 Å². The van der Waals surface area contributed by atoms with Gasteiger partial charge in [0.25, 0.3) is 0 Å². The maximum atomic E-state index is 12.3. The molecule has 0 aliphatic carbocycles. The lowest BCUT2D eigenvalue weighted by Crippen LogP contribution is -2.16. The molecule has 0 radical (unpaired) electrons. The lowest BCUT2D eigenvalue weighted by Gasteiger charge is -2.05. The van der Waals surface area contributed by atoms with Gasteiger partial charge in [-0.25, -0.2) is 14.5 Å². The molecule has 0 bridgehead atoms. The van der Waals surface area contributed by atoms with E-state index in [1.54, 1.807) is 23.0 Å². The number of pyridine rings is 2. The number of carbonyl (C=O) groups is 1. The molecule has 146 valence electrons. The summed E-state index contributed by atoms with van der Waals surface area (Å²) in [6.07, 6.45) is 2.93. The summed E-state index contributed by atoms with van der Waals surface area (Å²) in [5, 5.41) is 17.2. The number of aromatic nitrogens is 5. The molecule has 0 atom stereocenters. The van der Waals surface area contributed by atoms with Crippen molar-refractivity contribution in [2.45, 2.75) is 20.1 Å². The molecule has 29 heavy (non-hydrogen) atoms. The highest BCUT2D eigenvalue weighted by molar-refractivity contribution is 5.91. The number of benzene rings is 1. The third kappa shape index (κ3) is 3.98. The van der Waals surface area contributed by atoms with Gasteiger partial charge in [-0.05, 0) is 18.6 Å². The van der Waals surface area contributed by atoms with Crippen molar-refractivity contribution in [1.82, 2.24) is 25.0 Å². The number of carboxylic acids is 1. The molecular weight excluding hydrogens is 374 g/mol. The van der Waals surface area contributed by atoms with Gasteiger partial charge < -0.3 is 14.8 Å². The third-order valence-corrected chi connectivity index (χ3v) is 4.31. The minimum absolute atomic E-state index is 0.00509. The molecule has 9 heteroatoms.